The van der Waals surface area contributed by atoms with E-state index in [2.05, 4.69) is 15.6 Å². The van der Waals surface area contributed by atoms with Gasteiger partial charge in [-0.05, 0) is 29.3 Å². The Hall–Kier alpha value is -3.65. The molecular formula is C23H16F3N3OS. The monoisotopic (exact) mass is 439 g/mol. The SMILES string of the molecule is O=C(Nc1cccc(C(F)(F)F)c1)Nc1nc(-c2ccc(-c3ccccc3)cc2)cs1. The maximum Gasteiger partial charge on any atom is 0.416 e. The molecule has 31 heavy (non-hydrogen) atoms. The van der Waals surface area contributed by atoms with Crippen LogP contribution in [0.25, 0.3) is 22.4 Å². The van der Waals surface area contributed by atoms with Crippen LogP contribution in [-0.2, 0) is 6.18 Å². The van der Waals surface area contributed by atoms with Crippen molar-refractivity contribution < 1.29 is 18.0 Å². The molecule has 156 valence electrons. The molecule has 0 saturated heterocycles. The summed E-state index contributed by atoms with van der Waals surface area (Å²) in [4.78, 5) is 16.5. The molecule has 4 rings (SSSR count). The first-order valence-electron chi connectivity index (χ1n) is 9.25. The summed E-state index contributed by atoms with van der Waals surface area (Å²) in [6, 6.07) is 21.6. The van der Waals surface area contributed by atoms with Gasteiger partial charge in [0.05, 0.1) is 11.3 Å². The number of rotatable bonds is 4. The number of urea groups is 1. The number of amides is 2. The van der Waals surface area contributed by atoms with Crippen molar-refractivity contribution >= 4 is 28.2 Å². The molecule has 0 aliphatic heterocycles. The smallest absolute Gasteiger partial charge is 0.308 e. The van der Waals surface area contributed by atoms with E-state index in [0.29, 0.717) is 10.8 Å². The van der Waals surface area contributed by atoms with Crippen LogP contribution in [-0.4, -0.2) is 11.0 Å². The average Bonchev–Trinajstić information content (AvgIpc) is 3.22. The molecule has 0 aliphatic carbocycles. The van der Waals surface area contributed by atoms with Gasteiger partial charge in [0.1, 0.15) is 0 Å². The van der Waals surface area contributed by atoms with Crippen LogP contribution in [0, 0.1) is 0 Å². The number of aromatic nitrogens is 1. The van der Waals surface area contributed by atoms with Crippen LogP contribution >= 0.6 is 11.3 Å². The number of anilines is 2. The van der Waals surface area contributed by atoms with E-state index < -0.39 is 17.8 Å². The molecule has 1 aromatic heterocycles. The van der Waals surface area contributed by atoms with E-state index in [-0.39, 0.29) is 5.69 Å². The van der Waals surface area contributed by atoms with Crippen LogP contribution in [0.15, 0.2) is 84.2 Å². The van der Waals surface area contributed by atoms with E-state index in [0.717, 1.165) is 28.8 Å². The predicted molar refractivity (Wildman–Crippen MR) is 117 cm³/mol. The fourth-order valence-corrected chi connectivity index (χ4v) is 3.68. The minimum atomic E-state index is -4.48. The third-order valence-electron chi connectivity index (χ3n) is 4.46. The highest BCUT2D eigenvalue weighted by atomic mass is 32.1. The molecule has 0 saturated carbocycles. The zero-order valence-corrected chi connectivity index (χ0v) is 16.8. The molecule has 3 aromatic carbocycles. The zero-order valence-electron chi connectivity index (χ0n) is 16.0. The molecule has 0 radical (unpaired) electrons. The second-order valence-electron chi connectivity index (χ2n) is 6.64. The maximum absolute atomic E-state index is 12.8. The summed E-state index contributed by atoms with van der Waals surface area (Å²) in [7, 11) is 0. The number of thiazole rings is 1. The van der Waals surface area contributed by atoms with Crippen LogP contribution in [0.5, 0.6) is 0 Å². The van der Waals surface area contributed by atoms with Crippen molar-refractivity contribution in [1.82, 2.24) is 4.98 Å². The van der Waals surface area contributed by atoms with Crippen LogP contribution in [0.4, 0.5) is 28.8 Å². The lowest BCUT2D eigenvalue weighted by atomic mass is 10.0. The van der Waals surface area contributed by atoms with Gasteiger partial charge in [-0.1, -0.05) is 60.7 Å². The van der Waals surface area contributed by atoms with E-state index >= 15 is 0 Å². The standard InChI is InChI=1S/C23H16F3N3OS/c24-23(25,26)18-7-4-8-19(13-18)27-21(30)29-22-28-20(14-31-22)17-11-9-16(10-12-17)15-5-2-1-3-6-15/h1-14H,(H2,27,28,29,30). The predicted octanol–water partition coefficient (Wildman–Crippen LogP) is 7.14. The van der Waals surface area contributed by atoms with E-state index in [9.17, 15) is 18.0 Å². The van der Waals surface area contributed by atoms with Crippen molar-refractivity contribution in [2.45, 2.75) is 6.18 Å². The number of benzene rings is 3. The second kappa shape index (κ2) is 8.61. The molecule has 4 nitrogen and oxygen atoms in total. The van der Waals surface area contributed by atoms with Crippen molar-refractivity contribution in [3.8, 4) is 22.4 Å². The molecule has 0 fully saturated rings. The highest BCUT2D eigenvalue weighted by Gasteiger charge is 2.30. The van der Waals surface area contributed by atoms with Gasteiger partial charge in [-0.3, -0.25) is 5.32 Å². The van der Waals surface area contributed by atoms with Gasteiger partial charge in [-0.25, -0.2) is 9.78 Å². The third-order valence-corrected chi connectivity index (χ3v) is 5.22. The molecule has 0 bridgehead atoms. The van der Waals surface area contributed by atoms with Crippen LogP contribution < -0.4 is 10.6 Å². The Morgan fingerprint density at radius 3 is 2.19 bits per heavy atom. The Labute approximate surface area is 180 Å². The normalized spacial score (nSPS) is 11.2. The van der Waals surface area contributed by atoms with Crippen molar-refractivity contribution in [3.63, 3.8) is 0 Å². The van der Waals surface area contributed by atoms with Gasteiger partial charge in [0.2, 0.25) is 0 Å². The van der Waals surface area contributed by atoms with Gasteiger partial charge < -0.3 is 5.32 Å². The molecule has 0 aliphatic rings. The molecule has 0 spiro atoms. The van der Waals surface area contributed by atoms with Crippen molar-refractivity contribution in [1.29, 1.82) is 0 Å². The summed E-state index contributed by atoms with van der Waals surface area (Å²) < 4.78 is 38.4. The largest absolute Gasteiger partial charge is 0.416 e. The summed E-state index contributed by atoms with van der Waals surface area (Å²) in [5.41, 5.74) is 2.99. The molecule has 2 amide bonds. The average molecular weight is 439 g/mol. The fraction of sp³-hybridized carbons (Fsp3) is 0.0435. The van der Waals surface area contributed by atoms with E-state index in [1.165, 1.54) is 23.5 Å². The zero-order chi connectivity index (χ0) is 21.8. The first kappa shape index (κ1) is 20.6. The van der Waals surface area contributed by atoms with Crippen LogP contribution in [0.1, 0.15) is 5.56 Å². The van der Waals surface area contributed by atoms with Crippen molar-refractivity contribution in [2.24, 2.45) is 0 Å². The first-order chi connectivity index (χ1) is 14.9. The molecular weight excluding hydrogens is 423 g/mol. The topological polar surface area (TPSA) is 54.0 Å². The number of hydrogen-bond donors (Lipinski definition) is 2. The van der Waals surface area contributed by atoms with Gasteiger partial charge in [-0.15, -0.1) is 11.3 Å². The quantitative estimate of drug-likeness (QED) is 0.355. The maximum atomic E-state index is 12.8. The highest BCUT2D eigenvalue weighted by molar-refractivity contribution is 7.14. The minimum absolute atomic E-state index is 0.0422. The molecule has 4 aromatic rings. The Morgan fingerprint density at radius 1 is 0.806 bits per heavy atom. The summed E-state index contributed by atoms with van der Waals surface area (Å²) in [6.45, 7) is 0. The third kappa shape index (κ3) is 5.10. The van der Waals surface area contributed by atoms with Gasteiger partial charge in [0.25, 0.3) is 0 Å². The molecule has 1 heterocycles. The van der Waals surface area contributed by atoms with Gasteiger partial charge in [0.15, 0.2) is 5.13 Å². The van der Waals surface area contributed by atoms with Crippen molar-refractivity contribution in [3.05, 3.63) is 89.8 Å². The summed E-state index contributed by atoms with van der Waals surface area (Å²) >= 11 is 1.23. The number of halogens is 3. The van der Waals surface area contributed by atoms with Crippen molar-refractivity contribution in [2.75, 3.05) is 10.6 Å². The van der Waals surface area contributed by atoms with E-state index in [1.54, 1.807) is 5.38 Å². The van der Waals surface area contributed by atoms with E-state index in [1.807, 2.05) is 54.6 Å². The molecule has 0 unspecified atom stereocenters. The number of nitrogens with one attached hydrogen (secondary N) is 2. The lowest BCUT2D eigenvalue weighted by Crippen LogP contribution is -2.19. The minimum Gasteiger partial charge on any atom is -0.308 e. The number of carbonyl (C=O) groups excluding carboxylic acids is 1. The Kier molecular flexibility index (Phi) is 5.73. The number of alkyl halides is 3. The Balaban J connectivity index is 1.42. The summed E-state index contributed by atoms with van der Waals surface area (Å²) in [6.07, 6.45) is -4.48. The van der Waals surface area contributed by atoms with Crippen LogP contribution in [0.3, 0.4) is 0 Å². The van der Waals surface area contributed by atoms with Crippen LogP contribution in [0.2, 0.25) is 0 Å². The van der Waals surface area contributed by atoms with Gasteiger partial charge in [-0.2, -0.15) is 13.2 Å². The fourth-order valence-electron chi connectivity index (χ4n) is 2.96. The number of hydrogen-bond acceptors (Lipinski definition) is 3. The lowest BCUT2D eigenvalue weighted by Gasteiger charge is -2.09. The summed E-state index contributed by atoms with van der Waals surface area (Å²) in [5, 5.41) is 7.09. The van der Waals surface area contributed by atoms with Gasteiger partial charge in [0, 0.05) is 16.6 Å². The highest BCUT2D eigenvalue weighted by Crippen LogP contribution is 2.31. The lowest BCUT2D eigenvalue weighted by molar-refractivity contribution is -0.137. The molecule has 2 N–H and O–H groups in total. The number of carbonyl (C=O) groups is 1. The summed E-state index contributed by atoms with van der Waals surface area (Å²) in [5.74, 6) is 0. The number of nitrogens with zero attached hydrogens (tertiary/aromatic N) is 1. The second-order valence-corrected chi connectivity index (χ2v) is 7.50. The first-order valence-corrected chi connectivity index (χ1v) is 10.1. The molecule has 0 atom stereocenters. The Morgan fingerprint density at radius 2 is 1.48 bits per heavy atom. The van der Waals surface area contributed by atoms with E-state index in [4.69, 9.17) is 0 Å². The van der Waals surface area contributed by atoms with Gasteiger partial charge >= 0.3 is 12.2 Å². The molecule has 8 heteroatoms. The Bertz CT molecular complexity index is 1190.